The number of benzene rings is 1. The molecule has 0 aromatic heterocycles. The van der Waals surface area contributed by atoms with Gasteiger partial charge in [-0.25, -0.2) is 0 Å². The molecule has 2 fully saturated rings. The van der Waals surface area contributed by atoms with E-state index in [2.05, 4.69) is 0 Å². The highest BCUT2D eigenvalue weighted by Gasteiger charge is 2.32. The van der Waals surface area contributed by atoms with Crippen molar-refractivity contribution in [2.75, 3.05) is 46.0 Å². The monoisotopic (exact) mass is 360 g/mol. The molecule has 4 rings (SSSR count). The molecular formula is C19H24N2O5. The van der Waals surface area contributed by atoms with E-state index in [0.717, 1.165) is 18.4 Å². The zero-order chi connectivity index (χ0) is 18.1. The Bertz CT molecular complexity index is 706. The summed E-state index contributed by atoms with van der Waals surface area (Å²) in [4.78, 5) is 29.0. The average Bonchev–Trinajstić information content (AvgIpc) is 3.21. The number of rotatable bonds is 2. The van der Waals surface area contributed by atoms with Crippen LogP contribution in [0.4, 0.5) is 0 Å². The fraction of sp³-hybridized carbons (Fsp3) is 0.579. The molecule has 2 saturated heterocycles. The van der Waals surface area contributed by atoms with Gasteiger partial charge in [-0.15, -0.1) is 0 Å². The zero-order valence-electron chi connectivity index (χ0n) is 15.0. The Kier molecular flexibility index (Phi) is 4.72. The summed E-state index contributed by atoms with van der Waals surface area (Å²) in [5, 5.41) is 0. The number of fused-ring (bicyclic) bond motifs is 1. The standard InChI is InChI=1S/C19H24N2O5/c1-13-11-16-17(26-10-9-25-16)12-14(13)18(22)20-4-6-21(7-5-20)19(23)15-3-2-8-24-15/h11-12,15H,2-10H2,1H3. The zero-order valence-corrected chi connectivity index (χ0v) is 15.0. The summed E-state index contributed by atoms with van der Waals surface area (Å²) in [5.41, 5.74) is 1.50. The number of nitrogens with zero attached hydrogens (tertiary/aromatic N) is 2. The third-order valence-corrected chi connectivity index (χ3v) is 5.20. The first-order valence-corrected chi connectivity index (χ1v) is 9.23. The Morgan fingerprint density at radius 2 is 1.62 bits per heavy atom. The van der Waals surface area contributed by atoms with Crippen molar-refractivity contribution in [1.82, 2.24) is 9.80 Å². The van der Waals surface area contributed by atoms with Crippen molar-refractivity contribution in [2.45, 2.75) is 25.9 Å². The van der Waals surface area contributed by atoms with Crippen LogP contribution < -0.4 is 9.47 Å². The minimum atomic E-state index is -0.294. The highest BCUT2D eigenvalue weighted by molar-refractivity contribution is 5.96. The highest BCUT2D eigenvalue weighted by Crippen LogP contribution is 2.33. The van der Waals surface area contributed by atoms with Gasteiger partial charge in [0, 0.05) is 38.3 Å². The van der Waals surface area contributed by atoms with Gasteiger partial charge in [-0.2, -0.15) is 0 Å². The van der Waals surface area contributed by atoms with E-state index in [4.69, 9.17) is 14.2 Å². The number of piperazine rings is 1. The first kappa shape index (κ1) is 17.1. The van der Waals surface area contributed by atoms with Crippen molar-refractivity contribution in [3.05, 3.63) is 23.3 Å². The van der Waals surface area contributed by atoms with E-state index >= 15 is 0 Å². The molecule has 0 saturated carbocycles. The number of carbonyl (C=O) groups excluding carboxylic acids is 2. The maximum absolute atomic E-state index is 12.9. The maximum Gasteiger partial charge on any atom is 0.254 e. The van der Waals surface area contributed by atoms with E-state index in [9.17, 15) is 9.59 Å². The van der Waals surface area contributed by atoms with E-state index in [1.54, 1.807) is 11.0 Å². The second-order valence-electron chi connectivity index (χ2n) is 6.93. The van der Waals surface area contributed by atoms with Crippen LogP contribution in [0.15, 0.2) is 12.1 Å². The Morgan fingerprint density at radius 1 is 0.962 bits per heavy atom. The minimum absolute atomic E-state index is 0.0244. The van der Waals surface area contributed by atoms with Gasteiger partial charge in [0.05, 0.1) is 0 Å². The van der Waals surface area contributed by atoms with Gasteiger partial charge in [0.15, 0.2) is 11.5 Å². The molecule has 26 heavy (non-hydrogen) atoms. The van der Waals surface area contributed by atoms with Crippen molar-refractivity contribution in [3.8, 4) is 11.5 Å². The fourth-order valence-corrected chi connectivity index (χ4v) is 3.70. The van der Waals surface area contributed by atoms with Crippen molar-refractivity contribution in [2.24, 2.45) is 0 Å². The van der Waals surface area contributed by atoms with E-state index in [-0.39, 0.29) is 17.9 Å². The lowest BCUT2D eigenvalue weighted by atomic mass is 10.1. The van der Waals surface area contributed by atoms with Gasteiger partial charge in [0.2, 0.25) is 0 Å². The third kappa shape index (κ3) is 3.23. The summed E-state index contributed by atoms with van der Waals surface area (Å²) in [6.45, 7) is 5.76. The van der Waals surface area contributed by atoms with Crippen molar-refractivity contribution < 1.29 is 23.8 Å². The number of ether oxygens (including phenoxy) is 3. The molecule has 1 aromatic rings. The molecule has 2 amide bonds. The van der Waals surface area contributed by atoms with Crippen molar-refractivity contribution in [1.29, 1.82) is 0 Å². The van der Waals surface area contributed by atoms with Crippen LogP contribution in [0, 0.1) is 6.92 Å². The van der Waals surface area contributed by atoms with Crippen molar-refractivity contribution in [3.63, 3.8) is 0 Å². The molecule has 3 aliphatic rings. The highest BCUT2D eigenvalue weighted by atomic mass is 16.6. The van der Waals surface area contributed by atoms with Crippen LogP contribution in [0.3, 0.4) is 0 Å². The van der Waals surface area contributed by atoms with Gasteiger partial charge in [-0.3, -0.25) is 9.59 Å². The Labute approximate surface area is 152 Å². The molecule has 0 radical (unpaired) electrons. The number of carbonyl (C=O) groups is 2. The van der Waals surface area contributed by atoms with Crippen LogP contribution in [-0.4, -0.2) is 73.7 Å². The second kappa shape index (κ2) is 7.15. The van der Waals surface area contributed by atoms with Crippen LogP contribution in [0.1, 0.15) is 28.8 Å². The summed E-state index contributed by atoms with van der Waals surface area (Å²) in [5.74, 6) is 1.35. The topological polar surface area (TPSA) is 68.3 Å². The lowest BCUT2D eigenvalue weighted by Crippen LogP contribution is -2.52. The molecule has 7 nitrogen and oxygen atoms in total. The molecule has 0 spiro atoms. The predicted molar refractivity (Wildman–Crippen MR) is 93.6 cm³/mol. The molecular weight excluding hydrogens is 336 g/mol. The van der Waals surface area contributed by atoms with Gasteiger partial charge >= 0.3 is 0 Å². The SMILES string of the molecule is Cc1cc2c(cc1C(=O)N1CCN(C(=O)C3CCCO3)CC1)OCCO2. The van der Waals surface area contributed by atoms with Crippen LogP contribution in [0.25, 0.3) is 0 Å². The van der Waals surface area contributed by atoms with E-state index in [0.29, 0.717) is 63.1 Å². The van der Waals surface area contributed by atoms with Crippen LogP contribution in [0.2, 0.25) is 0 Å². The van der Waals surface area contributed by atoms with E-state index in [1.807, 2.05) is 17.9 Å². The van der Waals surface area contributed by atoms with Gasteiger partial charge in [-0.05, 0) is 37.5 Å². The summed E-state index contributed by atoms with van der Waals surface area (Å²) in [6, 6.07) is 3.63. The molecule has 0 N–H and O–H groups in total. The van der Waals surface area contributed by atoms with Crippen LogP contribution >= 0.6 is 0 Å². The number of hydrogen-bond donors (Lipinski definition) is 0. The fourth-order valence-electron chi connectivity index (χ4n) is 3.70. The van der Waals surface area contributed by atoms with E-state index < -0.39 is 0 Å². The Balaban J connectivity index is 1.41. The molecule has 3 aliphatic heterocycles. The minimum Gasteiger partial charge on any atom is -0.486 e. The quantitative estimate of drug-likeness (QED) is 0.794. The summed E-state index contributed by atoms with van der Waals surface area (Å²) < 4.78 is 16.6. The van der Waals surface area contributed by atoms with E-state index in [1.165, 1.54) is 0 Å². The molecule has 3 heterocycles. The predicted octanol–water partition coefficient (Wildman–Crippen LogP) is 1.23. The lowest BCUT2D eigenvalue weighted by Gasteiger charge is -2.36. The van der Waals surface area contributed by atoms with Gasteiger partial charge in [0.25, 0.3) is 11.8 Å². The van der Waals surface area contributed by atoms with Crippen LogP contribution in [0.5, 0.6) is 11.5 Å². The molecule has 0 aliphatic carbocycles. The smallest absolute Gasteiger partial charge is 0.254 e. The Hall–Kier alpha value is -2.28. The third-order valence-electron chi connectivity index (χ3n) is 5.20. The average molecular weight is 360 g/mol. The number of amides is 2. The second-order valence-corrected chi connectivity index (χ2v) is 6.93. The van der Waals surface area contributed by atoms with Crippen molar-refractivity contribution >= 4 is 11.8 Å². The largest absolute Gasteiger partial charge is 0.486 e. The first-order chi connectivity index (χ1) is 12.6. The number of hydrogen-bond acceptors (Lipinski definition) is 5. The van der Waals surface area contributed by atoms with Gasteiger partial charge in [-0.1, -0.05) is 0 Å². The first-order valence-electron chi connectivity index (χ1n) is 9.23. The van der Waals surface area contributed by atoms with Gasteiger partial charge < -0.3 is 24.0 Å². The molecule has 7 heteroatoms. The Morgan fingerprint density at radius 3 is 2.27 bits per heavy atom. The molecule has 0 bridgehead atoms. The van der Waals surface area contributed by atoms with Crippen LogP contribution in [-0.2, 0) is 9.53 Å². The molecule has 140 valence electrons. The molecule has 1 aromatic carbocycles. The molecule has 1 atom stereocenters. The lowest BCUT2D eigenvalue weighted by molar-refractivity contribution is -0.142. The summed E-state index contributed by atoms with van der Waals surface area (Å²) >= 11 is 0. The number of aryl methyl sites for hydroxylation is 1. The summed E-state index contributed by atoms with van der Waals surface area (Å²) in [7, 11) is 0. The summed E-state index contributed by atoms with van der Waals surface area (Å²) in [6.07, 6.45) is 1.45. The normalized spacial score (nSPS) is 22.4. The maximum atomic E-state index is 12.9. The van der Waals surface area contributed by atoms with Gasteiger partial charge in [0.1, 0.15) is 19.3 Å². The molecule has 1 unspecified atom stereocenters.